The third-order valence-corrected chi connectivity index (χ3v) is 3.84. The Morgan fingerprint density at radius 3 is 2.58 bits per heavy atom. The number of carbonyl (C=O) groups excluding carboxylic acids is 1. The zero-order valence-corrected chi connectivity index (χ0v) is 12.4. The van der Waals surface area contributed by atoms with Gasteiger partial charge in [-0.2, -0.15) is 0 Å². The molecule has 2 aromatic carbocycles. The Kier molecular flexibility index (Phi) is 3.90. The molecule has 0 spiro atoms. The van der Waals surface area contributed by atoms with Crippen LogP contribution in [0.5, 0.6) is 0 Å². The molecule has 2 N–H and O–H groups in total. The van der Waals surface area contributed by atoms with Crippen molar-refractivity contribution in [3.63, 3.8) is 0 Å². The van der Waals surface area contributed by atoms with E-state index in [4.69, 9.17) is 5.73 Å². The molecule has 98 valence electrons. The van der Waals surface area contributed by atoms with Gasteiger partial charge in [-0.3, -0.25) is 4.79 Å². The second-order valence-corrected chi connectivity index (χ2v) is 5.20. The summed E-state index contributed by atoms with van der Waals surface area (Å²) < 4.78 is 0.638. The first kappa shape index (κ1) is 13.6. The van der Waals surface area contributed by atoms with Gasteiger partial charge in [0, 0.05) is 18.4 Å². The zero-order valence-electron chi connectivity index (χ0n) is 10.9. The minimum absolute atomic E-state index is 0.0928. The van der Waals surface area contributed by atoms with E-state index >= 15 is 0 Å². The quantitative estimate of drug-likeness (QED) is 0.860. The molecule has 2 rings (SSSR count). The first-order valence-electron chi connectivity index (χ1n) is 5.89. The van der Waals surface area contributed by atoms with E-state index in [0.717, 1.165) is 11.3 Å². The van der Waals surface area contributed by atoms with E-state index in [1.807, 2.05) is 31.2 Å². The summed E-state index contributed by atoms with van der Waals surface area (Å²) in [6, 6.07) is 13.1. The Bertz CT molecular complexity index is 625. The lowest BCUT2D eigenvalue weighted by Gasteiger charge is -2.19. The molecule has 0 aliphatic rings. The Morgan fingerprint density at radius 1 is 1.21 bits per heavy atom. The summed E-state index contributed by atoms with van der Waals surface area (Å²) in [7, 11) is 1.76. The van der Waals surface area contributed by atoms with Crippen LogP contribution in [0.4, 0.5) is 11.4 Å². The molecule has 0 aliphatic heterocycles. The van der Waals surface area contributed by atoms with Crippen LogP contribution in [-0.2, 0) is 0 Å². The normalized spacial score (nSPS) is 10.3. The van der Waals surface area contributed by atoms with Crippen molar-refractivity contribution in [2.24, 2.45) is 0 Å². The third kappa shape index (κ3) is 2.79. The van der Waals surface area contributed by atoms with Gasteiger partial charge < -0.3 is 10.6 Å². The lowest BCUT2D eigenvalue weighted by Crippen LogP contribution is -2.26. The number of anilines is 2. The van der Waals surface area contributed by atoms with Crippen LogP contribution in [0, 0.1) is 6.92 Å². The summed E-state index contributed by atoms with van der Waals surface area (Å²) in [4.78, 5) is 14.1. The van der Waals surface area contributed by atoms with Crippen LogP contribution < -0.4 is 10.6 Å². The minimum atomic E-state index is -0.0928. The number of rotatable bonds is 2. The molecule has 0 atom stereocenters. The molecule has 0 saturated heterocycles. The highest BCUT2D eigenvalue weighted by atomic mass is 79.9. The molecule has 0 unspecified atom stereocenters. The van der Waals surface area contributed by atoms with Crippen molar-refractivity contribution >= 4 is 33.2 Å². The highest BCUT2D eigenvalue weighted by Gasteiger charge is 2.17. The second-order valence-electron chi connectivity index (χ2n) is 4.41. The van der Waals surface area contributed by atoms with Crippen LogP contribution in [0.1, 0.15) is 15.9 Å². The number of carbonyl (C=O) groups is 1. The topological polar surface area (TPSA) is 46.3 Å². The largest absolute Gasteiger partial charge is 0.398 e. The molecule has 4 heteroatoms. The maximum atomic E-state index is 12.5. The summed E-state index contributed by atoms with van der Waals surface area (Å²) in [5.41, 5.74) is 8.90. The number of nitrogens with zero attached hydrogens (tertiary/aromatic N) is 1. The van der Waals surface area contributed by atoms with Gasteiger partial charge in [-0.05, 0) is 52.7 Å². The number of aryl methyl sites for hydroxylation is 1. The van der Waals surface area contributed by atoms with Gasteiger partial charge in [-0.1, -0.05) is 18.2 Å². The number of hydrogen-bond donors (Lipinski definition) is 1. The standard InChI is InChI=1S/C15H15BrN2O/c1-10-5-3-6-11(9-10)18(2)15(19)12-7-4-8-13(17)14(12)16/h3-9H,17H2,1-2H3. The van der Waals surface area contributed by atoms with E-state index in [-0.39, 0.29) is 5.91 Å². The summed E-state index contributed by atoms with van der Waals surface area (Å²) in [5, 5.41) is 0. The molecule has 19 heavy (non-hydrogen) atoms. The average Bonchev–Trinajstić information content (AvgIpc) is 2.40. The fourth-order valence-electron chi connectivity index (χ4n) is 1.85. The summed E-state index contributed by atoms with van der Waals surface area (Å²) >= 11 is 3.36. The van der Waals surface area contributed by atoms with Gasteiger partial charge in [0.15, 0.2) is 0 Å². The molecule has 0 radical (unpaired) electrons. The van der Waals surface area contributed by atoms with E-state index in [9.17, 15) is 4.79 Å². The van der Waals surface area contributed by atoms with Gasteiger partial charge in [0.25, 0.3) is 5.91 Å². The SMILES string of the molecule is Cc1cccc(N(C)C(=O)c2cccc(N)c2Br)c1. The molecular formula is C15H15BrN2O. The van der Waals surface area contributed by atoms with Gasteiger partial charge in [0.05, 0.1) is 10.0 Å². The fraction of sp³-hybridized carbons (Fsp3) is 0.133. The maximum Gasteiger partial charge on any atom is 0.259 e. The van der Waals surface area contributed by atoms with Crippen molar-refractivity contribution in [3.05, 3.63) is 58.1 Å². The highest BCUT2D eigenvalue weighted by molar-refractivity contribution is 9.10. The highest BCUT2D eigenvalue weighted by Crippen LogP contribution is 2.26. The van der Waals surface area contributed by atoms with Crippen LogP contribution in [0.2, 0.25) is 0 Å². The Hall–Kier alpha value is -1.81. The first-order chi connectivity index (χ1) is 9.00. The molecule has 1 amide bonds. The van der Waals surface area contributed by atoms with Crippen LogP contribution in [-0.4, -0.2) is 13.0 Å². The molecule has 0 bridgehead atoms. The van der Waals surface area contributed by atoms with E-state index in [0.29, 0.717) is 15.7 Å². The second kappa shape index (κ2) is 5.45. The fourth-order valence-corrected chi connectivity index (χ4v) is 2.28. The molecule has 3 nitrogen and oxygen atoms in total. The predicted octanol–water partition coefficient (Wildman–Crippen LogP) is 3.62. The van der Waals surface area contributed by atoms with Crippen LogP contribution in [0.15, 0.2) is 46.9 Å². The van der Waals surface area contributed by atoms with E-state index in [1.54, 1.807) is 30.1 Å². The monoisotopic (exact) mass is 318 g/mol. The zero-order chi connectivity index (χ0) is 14.0. The number of halogens is 1. The van der Waals surface area contributed by atoms with Crippen molar-refractivity contribution in [1.82, 2.24) is 0 Å². The van der Waals surface area contributed by atoms with Crippen molar-refractivity contribution < 1.29 is 4.79 Å². The van der Waals surface area contributed by atoms with Crippen molar-refractivity contribution in [1.29, 1.82) is 0 Å². The molecular weight excluding hydrogens is 304 g/mol. The lowest BCUT2D eigenvalue weighted by atomic mass is 10.1. The Morgan fingerprint density at radius 2 is 1.89 bits per heavy atom. The van der Waals surface area contributed by atoms with Crippen LogP contribution >= 0.6 is 15.9 Å². The van der Waals surface area contributed by atoms with Crippen LogP contribution in [0.3, 0.4) is 0 Å². The molecule has 0 heterocycles. The molecule has 2 aromatic rings. The maximum absolute atomic E-state index is 12.5. The summed E-state index contributed by atoms with van der Waals surface area (Å²) in [6.07, 6.45) is 0. The van der Waals surface area contributed by atoms with Crippen molar-refractivity contribution in [3.8, 4) is 0 Å². The number of hydrogen-bond acceptors (Lipinski definition) is 2. The summed E-state index contributed by atoms with van der Waals surface area (Å²) in [5.74, 6) is -0.0928. The van der Waals surface area contributed by atoms with Crippen molar-refractivity contribution in [2.75, 3.05) is 17.7 Å². The Labute approximate surface area is 121 Å². The smallest absolute Gasteiger partial charge is 0.259 e. The van der Waals surface area contributed by atoms with E-state index in [2.05, 4.69) is 15.9 Å². The average molecular weight is 319 g/mol. The lowest BCUT2D eigenvalue weighted by molar-refractivity contribution is 0.0992. The minimum Gasteiger partial charge on any atom is -0.398 e. The number of amides is 1. The van der Waals surface area contributed by atoms with Crippen LogP contribution in [0.25, 0.3) is 0 Å². The molecule has 0 fully saturated rings. The number of benzene rings is 2. The van der Waals surface area contributed by atoms with Gasteiger partial charge >= 0.3 is 0 Å². The van der Waals surface area contributed by atoms with Gasteiger partial charge in [-0.15, -0.1) is 0 Å². The number of nitrogen functional groups attached to an aromatic ring is 1. The number of nitrogens with two attached hydrogens (primary N) is 1. The van der Waals surface area contributed by atoms with Gasteiger partial charge in [0.1, 0.15) is 0 Å². The summed E-state index contributed by atoms with van der Waals surface area (Å²) in [6.45, 7) is 2.00. The van der Waals surface area contributed by atoms with Gasteiger partial charge in [0.2, 0.25) is 0 Å². The van der Waals surface area contributed by atoms with E-state index in [1.165, 1.54) is 0 Å². The molecule has 0 aliphatic carbocycles. The van der Waals surface area contributed by atoms with Gasteiger partial charge in [-0.25, -0.2) is 0 Å². The molecule has 0 saturated carbocycles. The molecule has 0 aromatic heterocycles. The van der Waals surface area contributed by atoms with Crippen molar-refractivity contribution in [2.45, 2.75) is 6.92 Å². The first-order valence-corrected chi connectivity index (χ1v) is 6.68. The Balaban J connectivity index is 2.36. The third-order valence-electron chi connectivity index (χ3n) is 2.95. The predicted molar refractivity (Wildman–Crippen MR) is 82.5 cm³/mol. The van der Waals surface area contributed by atoms with E-state index < -0.39 is 0 Å².